The zero-order valence-corrected chi connectivity index (χ0v) is 13.1. The van der Waals surface area contributed by atoms with Crippen LogP contribution in [0, 0.1) is 5.92 Å². The summed E-state index contributed by atoms with van der Waals surface area (Å²) in [7, 11) is -0.776. The van der Waals surface area contributed by atoms with Crippen LogP contribution in [0.3, 0.4) is 0 Å². The van der Waals surface area contributed by atoms with Crippen LogP contribution >= 0.6 is 15.9 Å². The van der Waals surface area contributed by atoms with E-state index in [1.54, 1.807) is 0 Å². The van der Waals surface area contributed by atoms with Crippen LogP contribution in [0.4, 0.5) is 0 Å². The molecule has 0 radical (unpaired) electrons. The summed E-state index contributed by atoms with van der Waals surface area (Å²) in [6.45, 7) is 3.01. The van der Waals surface area contributed by atoms with E-state index >= 15 is 0 Å². The minimum atomic E-state index is -0.776. The number of hydrogen-bond acceptors (Lipinski definition) is 3. The highest BCUT2D eigenvalue weighted by Gasteiger charge is 2.24. The molecule has 1 N–H and O–H groups in total. The van der Waals surface area contributed by atoms with Gasteiger partial charge in [0.1, 0.15) is 11.3 Å². The molecule has 2 heterocycles. The average molecular weight is 342 g/mol. The summed E-state index contributed by atoms with van der Waals surface area (Å²) in [6.07, 6.45) is 0. The molecule has 1 aromatic heterocycles. The maximum atomic E-state index is 12.0. The number of furan rings is 1. The van der Waals surface area contributed by atoms with Crippen molar-refractivity contribution in [2.45, 2.75) is 13.0 Å². The van der Waals surface area contributed by atoms with Crippen LogP contribution < -0.4 is 5.32 Å². The van der Waals surface area contributed by atoms with Gasteiger partial charge in [0.2, 0.25) is 0 Å². The number of halogens is 1. The molecule has 3 rings (SSSR count). The predicted molar refractivity (Wildman–Crippen MR) is 81.7 cm³/mol. The Bertz CT molecular complexity index is 625. The molecule has 5 heteroatoms. The maximum Gasteiger partial charge on any atom is 0.134 e. The van der Waals surface area contributed by atoms with E-state index in [0.717, 1.165) is 33.5 Å². The molecule has 3 nitrogen and oxygen atoms in total. The molecule has 0 aliphatic carbocycles. The third-order valence-corrected chi connectivity index (χ3v) is 5.52. The second kappa shape index (κ2) is 5.38. The summed E-state index contributed by atoms with van der Waals surface area (Å²) < 4.78 is 18.9. The van der Waals surface area contributed by atoms with Crippen molar-refractivity contribution in [1.29, 1.82) is 0 Å². The van der Waals surface area contributed by atoms with Gasteiger partial charge in [-0.25, -0.2) is 0 Å². The fraction of sp³-hybridized carbons (Fsp3) is 0.429. The molecular weight excluding hydrogens is 326 g/mol. The van der Waals surface area contributed by atoms with Crippen molar-refractivity contribution >= 4 is 37.7 Å². The molecule has 1 aromatic carbocycles. The molecule has 0 spiro atoms. The van der Waals surface area contributed by atoms with Crippen LogP contribution in [0.25, 0.3) is 11.0 Å². The van der Waals surface area contributed by atoms with E-state index in [1.165, 1.54) is 0 Å². The Labute approximate surface area is 123 Å². The molecule has 102 valence electrons. The lowest BCUT2D eigenvalue weighted by molar-refractivity contribution is 0.439. The standard InChI is InChI=1S/C14H16BrNO2S/c1-9-6-16-12(8-19(17)7-9)14-5-10-4-11(15)2-3-13(10)18-14/h2-5,9,12,16H,6-8H2,1H3. The Morgan fingerprint density at radius 3 is 3.05 bits per heavy atom. The fourth-order valence-corrected chi connectivity index (χ4v) is 4.34. The number of benzene rings is 1. The Hall–Kier alpha value is -0.650. The van der Waals surface area contributed by atoms with Crippen molar-refractivity contribution in [3.8, 4) is 0 Å². The zero-order chi connectivity index (χ0) is 13.4. The summed E-state index contributed by atoms with van der Waals surface area (Å²) in [5, 5.41) is 4.53. The van der Waals surface area contributed by atoms with Gasteiger partial charge in [-0.15, -0.1) is 0 Å². The molecule has 1 fully saturated rings. The van der Waals surface area contributed by atoms with Gasteiger partial charge in [0.05, 0.1) is 6.04 Å². The highest BCUT2D eigenvalue weighted by atomic mass is 79.9. The van der Waals surface area contributed by atoms with Gasteiger partial charge in [-0.1, -0.05) is 22.9 Å². The fourth-order valence-electron chi connectivity index (χ4n) is 2.42. The van der Waals surface area contributed by atoms with E-state index in [1.807, 2.05) is 24.3 Å². The van der Waals surface area contributed by atoms with Crippen LogP contribution in [0.1, 0.15) is 18.7 Å². The molecule has 19 heavy (non-hydrogen) atoms. The van der Waals surface area contributed by atoms with Crippen molar-refractivity contribution in [2.24, 2.45) is 5.92 Å². The lowest BCUT2D eigenvalue weighted by Crippen LogP contribution is -2.25. The van der Waals surface area contributed by atoms with Gasteiger partial charge >= 0.3 is 0 Å². The molecule has 0 bridgehead atoms. The summed E-state index contributed by atoms with van der Waals surface area (Å²) in [6, 6.07) is 8.07. The van der Waals surface area contributed by atoms with Crippen LogP contribution in [-0.4, -0.2) is 22.3 Å². The summed E-state index contributed by atoms with van der Waals surface area (Å²) in [4.78, 5) is 0. The number of nitrogens with one attached hydrogen (secondary N) is 1. The van der Waals surface area contributed by atoms with Crippen molar-refractivity contribution in [3.63, 3.8) is 0 Å². The smallest absolute Gasteiger partial charge is 0.134 e. The van der Waals surface area contributed by atoms with E-state index in [9.17, 15) is 4.21 Å². The number of hydrogen-bond donors (Lipinski definition) is 1. The van der Waals surface area contributed by atoms with E-state index in [4.69, 9.17) is 4.42 Å². The molecule has 1 aliphatic heterocycles. The molecule has 1 saturated heterocycles. The van der Waals surface area contributed by atoms with Gasteiger partial charge in [-0.2, -0.15) is 0 Å². The maximum absolute atomic E-state index is 12.0. The lowest BCUT2D eigenvalue weighted by Gasteiger charge is -2.12. The molecule has 3 unspecified atom stereocenters. The molecule has 2 aromatic rings. The molecule has 3 atom stereocenters. The minimum Gasteiger partial charge on any atom is -0.459 e. The largest absolute Gasteiger partial charge is 0.459 e. The van der Waals surface area contributed by atoms with Crippen molar-refractivity contribution in [2.75, 3.05) is 18.1 Å². The molecule has 0 amide bonds. The van der Waals surface area contributed by atoms with E-state index in [0.29, 0.717) is 11.7 Å². The van der Waals surface area contributed by atoms with Gasteiger partial charge in [0, 0.05) is 32.2 Å². The van der Waals surface area contributed by atoms with Crippen molar-refractivity contribution in [3.05, 3.63) is 34.5 Å². The van der Waals surface area contributed by atoms with Crippen LogP contribution in [-0.2, 0) is 10.8 Å². The first-order chi connectivity index (χ1) is 9.11. The highest BCUT2D eigenvalue weighted by Crippen LogP contribution is 2.28. The Balaban J connectivity index is 1.92. The van der Waals surface area contributed by atoms with Crippen LogP contribution in [0.15, 0.2) is 33.2 Å². The molecule has 0 saturated carbocycles. The second-order valence-electron chi connectivity index (χ2n) is 5.17. The van der Waals surface area contributed by atoms with Crippen molar-refractivity contribution < 1.29 is 8.63 Å². The minimum absolute atomic E-state index is 0.0527. The van der Waals surface area contributed by atoms with Gasteiger partial charge in [0.15, 0.2) is 0 Å². The quantitative estimate of drug-likeness (QED) is 0.865. The Morgan fingerprint density at radius 2 is 2.21 bits per heavy atom. The highest BCUT2D eigenvalue weighted by molar-refractivity contribution is 9.10. The SMILES string of the molecule is CC1CNC(c2cc3cc(Br)ccc3o2)CS(=O)C1. The van der Waals surface area contributed by atoms with E-state index < -0.39 is 10.8 Å². The van der Waals surface area contributed by atoms with Gasteiger partial charge < -0.3 is 9.73 Å². The Kier molecular flexibility index (Phi) is 3.78. The van der Waals surface area contributed by atoms with Crippen molar-refractivity contribution in [1.82, 2.24) is 5.32 Å². The number of rotatable bonds is 1. The molecule has 1 aliphatic rings. The topological polar surface area (TPSA) is 42.2 Å². The van der Waals surface area contributed by atoms with Crippen LogP contribution in [0.5, 0.6) is 0 Å². The van der Waals surface area contributed by atoms with E-state index in [2.05, 4.69) is 28.2 Å². The molecular formula is C14H16BrNO2S. The summed E-state index contributed by atoms with van der Waals surface area (Å²) in [5.41, 5.74) is 0.878. The van der Waals surface area contributed by atoms with Gasteiger partial charge in [-0.05, 0) is 36.7 Å². The summed E-state index contributed by atoms with van der Waals surface area (Å²) >= 11 is 3.46. The zero-order valence-electron chi connectivity index (χ0n) is 10.7. The lowest BCUT2D eigenvalue weighted by atomic mass is 10.2. The first-order valence-electron chi connectivity index (χ1n) is 6.39. The predicted octanol–water partition coefficient (Wildman–Crippen LogP) is 3.22. The Morgan fingerprint density at radius 1 is 1.37 bits per heavy atom. The monoisotopic (exact) mass is 341 g/mol. The normalized spacial score (nSPS) is 28.4. The first-order valence-corrected chi connectivity index (χ1v) is 8.67. The van der Waals surface area contributed by atoms with Gasteiger partial charge in [0.25, 0.3) is 0 Å². The van der Waals surface area contributed by atoms with Crippen LogP contribution in [0.2, 0.25) is 0 Å². The summed E-state index contributed by atoms with van der Waals surface area (Å²) in [5.74, 6) is 2.74. The second-order valence-corrected chi connectivity index (χ2v) is 7.63. The van der Waals surface area contributed by atoms with Gasteiger partial charge in [-0.3, -0.25) is 4.21 Å². The van der Waals surface area contributed by atoms with E-state index in [-0.39, 0.29) is 6.04 Å². The third-order valence-electron chi connectivity index (χ3n) is 3.38. The number of fused-ring (bicyclic) bond motifs is 1. The average Bonchev–Trinajstić information content (AvgIpc) is 2.68. The first kappa shape index (κ1) is 13.3. The third kappa shape index (κ3) is 2.93.